The second-order valence-corrected chi connectivity index (χ2v) is 3.15. The van der Waals surface area contributed by atoms with Gasteiger partial charge in [0.05, 0.1) is 6.04 Å². The van der Waals surface area contributed by atoms with Crippen molar-refractivity contribution < 1.29 is 9.18 Å². The molecule has 0 bridgehead atoms. The summed E-state index contributed by atoms with van der Waals surface area (Å²) >= 11 is 0. The van der Waals surface area contributed by atoms with Gasteiger partial charge in [-0.3, -0.25) is 4.79 Å². The van der Waals surface area contributed by atoms with Crippen molar-refractivity contribution in [2.24, 2.45) is 0 Å². The van der Waals surface area contributed by atoms with Gasteiger partial charge >= 0.3 is 0 Å². The number of rotatable bonds is 4. The Bertz CT molecular complexity index is 330. The lowest BCUT2D eigenvalue weighted by Gasteiger charge is -2.10. The lowest BCUT2D eigenvalue weighted by Crippen LogP contribution is -2.33. The van der Waals surface area contributed by atoms with E-state index in [1.165, 1.54) is 12.1 Å². The van der Waals surface area contributed by atoms with E-state index in [2.05, 4.69) is 5.32 Å². The molecule has 0 amide bonds. The van der Waals surface area contributed by atoms with Gasteiger partial charge in [0.25, 0.3) is 0 Å². The van der Waals surface area contributed by atoms with E-state index in [0.29, 0.717) is 5.56 Å². The van der Waals surface area contributed by atoms with Crippen LogP contribution in [0.15, 0.2) is 24.3 Å². The van der Waals surface area contributed by atoms with Gasteiger partial charge in [-0.05, 0) is 25.6 Å². The Morgan fingerprint density at radius 3 is 2.73 bits per heavy atom. The molecular weight excluding hydrogens is 217 g/mol. The number of Topliss-reactive ketones (excluding diaryl/α,β-unsaturated/α-hetero) is 1. The molecule has 1 aromatic rings. The van der Waals surface area contributed by atoms with Crippen molar-refractivity contribution in [3.8, 4) is 0 Å². The molecular formula is C11H15ClFNO. The molecule has 1 aromatic carbocycles. The smallest absolute Gasteiger partial charge is 0.179 e. The summed E-state index contributed by atoms with van der Waals surface area (Å²) in [6.07, 6.45) is 0. The predicted molar refractivity (Wildman–Crippen MR) is 61.1 cm³/mol. The quantitative estimate of drug-likeness (QED) is 0.807. The Morgan fingerprint density at radius 2 is 2.20 bits per heavy atom. The van der Waals surface area contributed by atoms with Gasteiger partial charge < -0.3 is 5.32 Å². The summed E-state index contributed by atoms with van der Waals surface area (Å²) in [5.74, 6) is -0.453. The second kappa shape index (κ2) is 6.53. The average molecular weight is 232 g/mol. The van der Waals surface area contributed by atoms with Crippen LogP contribution in [0.5, 0.6) is 0 Å². The van der Waals surface area contributed by atoms with E-state index in [9.17, 15) is 9.18 Å². The molecule has 0 saturated heterocycles. The van der Waals surface area contributed by atoms with E-state index >= 15 is 0 Å². The van der Waals surface area contributed by atoms with E-state index in [1.54, 1.807) is 19.1 Å². The van der Waals surface area contributed by atoms with Crippen molar-refractivity contribution in [2.45, 2.75) is 19.9 Å². The zero-order valence-corrected chi connectivity index (χ0v) is 9.60. The van der Waals surface area contributed by atoms with Gasteiger partial charge in [0, 0.05) is 5.56 Å². The zero-order chi connectivity index (χ0) is 10.6. The number of likely N-dealkylation sites (N-methyl/N-ethyl adjacent to an activating group) is 1. The minimum Gasteiger partial charge on any atom is -0.308 e. The second-order valence-electron chi connectivity index (χ2n) is 3.15. The Labute approximate surface area is 95.3 Å². The molecule has 0 heterocycles. The Balaban J connectivity index is 0.00000196. The van der Waals surface area contributed by atoms with E-state index in [-0.39, 0.29) is 30.0 Å². The third-order valence-corrected chi connectivity index (χ3v) is 2.01. The molecule has 0 radical (unpaired) electrons. The van der Waals surface area contributed by atoms with Crippen molar-refractivity contribution >= 4 is 18.2 Å². The van der Waals surface area contributed by atoms with E-state index < -0.39 is 0 Å². The number of benzene rings is 1. The number of carbonyl (C=O) groups is 1. The first-order valence-electron chi connectivity index (χ1n) is 4.68. The van der Waals surface area contributed by atoms with Crippen LogP contribution in [-0.2, 0) is 0 Å². The number of hydrogen-bond donors (Lipinski definition) is 1. The van der Waals surface area contributed by atoms with Gasteiger partial charge in [-0.1, -0.05) is 19.1 Å². The summed E-state index contributed by atoms with van der Waals surface area (Å²) < 4.78 is 12.8. The molecule has 1 atom stereocenters. The maximum atomic E-state index is 12.8. The van der Waals surface area contributed by atoms with E-state index in [1.807, 2.05) is 6.92 Å². The fourth-order valence-corrected chi connectivity index (χ4v) is 1.29. The minimum atomic E-state index is -0.375. The molecule has 4 heteroatoms. The van der Waals surface area contributed by atoms with Crippen molar-refractivity contribution in [3.05, 3.63) is 35.6 Å². The lowest BCUT2D eigenvalue weighted by molar-refractivity contribution is 0.0951. The standard InChI is InChI=1S/C11H14FNO.ClH/c1-3-13-8(2)11(14)9-5-4-6-10(12)7-9;/h4-8,13H,3H2,1-2H3;1H. The van der Waals surface area contributed by atoms with Gasteiger partial charge in [-0.25, -0.2) is 4.39 Å². The lowest BCUT2D eigenvalue weighted by atomic mass is 10.1. The maximum Gasteiger partial charge on any atom is 0.179 e. The fraction of sp³-hybridized carbons (Fsp3) is 0.364. The van der Waals surface area contributed by atoms with Crippen LogP contribution < -0.4 is 5.32 Å². The molecule has 0 saturated carbocycles. The molecule has 2 nitrogen and oxygen atoms in total. The Kier molecular flexibility index (Phi) is 6.13. The fourth-order valence-electron chi connectivity index (χ4n) is 1.29. The van der Waals surface area contributed by atoms with Crippen molar-refractivity contribution in [1.82, 2.24) is 5.32 Å². The van der Waals surface area contributed by atoms with Crippen LogP contribution in [0.25, 0.3) is 0 Å². The minimum absolute atomic E-state index is 0. The highest BCUT2D eigenvalue weighted by Crippen LogP contribution is 2.06. The molecule has 0 aliphatic carbocycles. The number of halogens is 2. The van der Waals surface area contributed by atoms with Crippen LogP contribution in [0, 0.1) is 5.82 Å². The van der Waals surface area contributed by atoms with Crippen LogP contribution in [0.4, 0.5) is 4.39 Å². The zero-order valence-electron chi connectivity index (χ0n) is 8.79. The summed E-state index contributed by atoms with van der Waals surface area (Å²) in [7, 11) is 0. The average Bonchev–Trinajstić information content (AvgIpc) is 2.17. The maximum absolute atomic E-state index is 12.8. The normalized spacial score (nSPS) is 11.7. The molecule has 1 N–H and O–H groups in total. The van der Waals surface area contributed by atoms with Crippen LogP contribution in [-0.4, -0.2) is 18.4 Å². The molecule has 1 unspecified atom stereocenters. The highest BCUT2D eigenvalue weighted by atomic mass is 35.5. The van der Waals surface area contributed by atoms with Gasteiger partial charge in [0.1, 0.15) is 5.82 Å². The summed E-state index contributed by atoms with van der Waals surface area (Å²) in [6.45, 7) is 4.42. The molecule has 15 heavy (non-hydrogen) atoms. The number of ketones is 1. The molecule has 0 aromatic heterocycles. The Hall–Kier alpha value is -0.930. The summed E-state index contributed by atoms with van der Waals surface area (Å²) in [6, 6.07) is 5.49. The first-order chi connectivity index (χ1) is 6.65. The van der Waals surface area contributed by atoms with Gasteiger partial charge in [-0.2, -0.15) is 0 Å². The third-order valence-electron chi connectivity index (χ3n) is 2.01. The summed E-state index contributed by atoms with van der Waals surface area (Å²) in [5, 5.41) is 2.99. The highest BCUT2D eigenvalue weighted by Gasteiger charge is 2.13. The van der Waals surface area contributed by atoms with Crippen molar-refractivity contribution in [3.63, 3.8) is 0 Å². The monoisotopic (exact) mass is 231 g/mol. The third kappa shape index (κ3) is 3.98. The molecule has 1 rings (SSSR count). The van der Waals surface area contributed by atoms with Crippen molar-refractivity contribution in [1.29, 1.82) is 0 Å². The largest absolute Gasteiger partial charge is 0.308 e. The molecule has 0 spiro atoms. The molecule has 84 valence electrons. The number of nitrogens with one attached hydrogen (secondary N) is 1. The molecule has 0 fully saturated rings. The molecule has 0 aliphatic heterocycles. The van der Waals surface area contributed by atoms with Crippen LogP contribution in [0.3, 0.4) is 0 Å². The Morgan fingerprint density at radius 1 is 1.53 bits per heavy atom. The molecule has 0 aliphatic rings. The SMILES string of the molecule is CCNC(C)C(=O)c1cccc(F)c1.Cl. The van der Waals surface area contributed by atoms with E-state index in [4.69, 9.17) is 0 Å². The van der Waals surface area contributed by atoms with Crippen LogP contribution >= 0.6 is 12.4 Å². The first kappa shape index (κ1) is 14.1. The van der Waals surface area contributed by atoms with Crippen LogP contribution in [0.2, 0.25) is 0 Å². The van der Waals surface area contributed by atoms with Crippen molar-refractivity contribution in [2.75, 3.05) is 6.54 Å². The topological polar surface area (TPSA) is 29.1 Å². The van der Waals surface area contributed by atoms with Gasteiger partial charge in [-0.15, -0.1) is 12.4 Å². The van der Waals surface area contributed by atoms with Crippen LogP contribution in [0.1, 0.15) is 24.2 Å². The predicted octanol–water partition coefficient (Wildman–Crippen LogP) is 2.43. The first-order valence-corrected chi connectivity index (χ1v) is 4.68. The number of hydrogen-bond acceptors (Lipinski definition) is 2. The van der Waals surface area contributed by atoms with Gasteiger partial charge in [0.2, 0.25) is 0 Å². The summed E-state index contributed by atoms with van der Waals surface area (Å²) in [5.41, 5.74) is 0.415. The number of carbonyl (C=O) groups excluding carboxylic acids is 1. The summed E-state index contributed by atoms with van der Waals surface area (Å²) in [4.78, 5) is 11.7. The van der Waals surface area contributed by atoms with Gasteiger partial charge in [0.15, 0.2) is 5.78 Å². The van der Waals surface area contributed by atoms with E-state index in [0.717, 1.165) is 6.54 Å². The highest BCUT2D eigenvalue weighted by molar-refractivity contribution is 5.99.